The van der Waals surface area contributed by atoms with Crippen molar-refractivity contribution in [3.8, 4) is 0 Å². The van der Waals surface area contributed by atoms with Crippen molar-refractivity contribution >= 4 is 38.8 Å². The molecule has 1 aromatic carbocycles. The lowest BCUT2D eigenvalue weighted by Crippen LogP contribution is -2.37. The predicted molar refractivity (Wildman–Crippen MR) is 64.9 cm³/mol. The van der Waals surface area contributed by atoms with Gasteiger partial charge in [-0.25, -0.2) is 8.42 Å². The van der Waals surface area contributed by atoms with E-state index in [1.807, 2.05) is 0 Å². The molecule has 3 nitrogen and oxygen atoms in total. The number of hydrogen-bond acceptors (Lipinski definition) is 3. The first-order chi connectivity index (χ1) is 7.16. The Labute approximate surface area is 104 Å². The molecule has 0 N–H and O–H groups in total. The van der Waals surface area contributed by atoms with Crippen LogP contribution in [-0.2, 0) is 9.84 Å². The number of rotatable bonds is 3. The Balaban J connectivity index is 3.18. The number of hydrogen-bond donors (Lipinski definition) is 0. The number of alkyl halides is 1. The van der Waals surface area contributed by atoms with Crippen LogP contribution in [0.2, 0.25) is 5.02 Å². The molecule has 0 aliphatic carbocycles. The number of Topliss-reactive ketones (excluding diaryl/α,β-unsaturated/α-hetero) is 1. The number of benzene rings is 1. The Kier molecular flexibility index (Phi) is 3.67. The van der Waals surface area contributed by atoms with Gasteiger partial charge >= 0.3 is 0 Å². The van der Waals surface area contributed by atoms with Gasteiger partial charge in [0.15, 0.2) is 15.6 Å². The molecule has 1 atom stereocenters. The number of sulfone groups is 1. The van der Waals surface area contributed by atoms with Crippen molar-refractivity contribution in [1.29, 1.82) is 0 Å². The summed E-state index contributed by atoms with van der Waals surface area (Å²) in [4.78, 5) is 11.9. The minimum Gasteiger partial charge on any atom is -0.291 e. The van der Waals surface area contributed by atoms with Crippen LogP contribution in [0.25, 0.3) is 0 Å². The normalized spacial score (nSPS) is 15.5. The third kappa shape index (κ3) is 2.56. The van der Waals surface area contributed by atoms with Crippen LogP contribution in [0.3, 0.4) is 0 Å². The zero-order valence-electron chi connectivity index (χ0n) is 8.70. The average molecular weight is 281 g/mol. The molecule has 1 aromatic rings. The molecule has 0 aliphatic heterocycles. The van der Waals surface area contributed by atoms with Gasteiger partial charge in [-0.05, 0) is 31.2 Å². The highest BCUT2D eigenvalue weighted by Crippen LogP contribution is 2.27. The molecule has 0 heterocycles. The highest BCUT2D eigenvalue weighted by molar-refractivity contribution is 7.94. The van der Waals surface area contributed by atoms with Crippen molar-refractivity contribution in [3.05, 3.63) is 34.9 Å². The fourth-order valence-electron chi connectivity index (χ4n) is 1.03. The lowest BCUT2D eigenvalue weighted by Gasteiger charge is -2.18. The molecule has 6 heteroatoms. The third-order valence-corrected chi connectivity index (χ3v) is 5.05. The van der Waals surface area contributed by atoms with Crippen molar-refractivity contribution in [2.45, 2.75) is 11.1 Å². The maximum absolute atomic E-state index is 11.9. The second-order valence-corrected chi connectivity index (χ2v) is 7.30. The molecule has 1 rings (SSSR count). The van der Waals surface area contributed by atoms with Crippen LogP contribution in [0.1, 0.15) is 17.3 Å². The van der Waals surface area contributed by atoms with Crippen molar-refractivity contribution in [2.24, 2.45) is 0 Å². The monoisotopic (exact) mass is 280 g/mol. The van der Waals surface area contributed by atoms with Gasteiger partial charge in [-0.15, -0.1) is 0 Å². The molecule has 0 saturated carbocycles. The number of ketones is 1. The third-order valence-electron chi connectivity index (χ3n) is 2.21. The number of halogens is 2. The molecule has 0 unspecified atom stereocenters. The summed E-state index contributed by atoms with van der Waals surface area (Å²) in [5.41, 5.74) is 0.215. The first-order valence-corrected chi connectivity index (χ1v) is 7.00. The van der Waals surface area contributed by atoms with E-state index in [0.29, 0.717) is 5.02 Å². The van der Waals surface area contributed by atoms with E-state index in [-0.39, 0.29) is 5.56 Å². The summed E-state index contributed by atoms with van der Waals surface area (Å²) in [6.45, 7) is 1.17. The van der Waals surface area contributed by atoms with Crippen LogP contribution in [0.5, 0.6) is 0 Å². The Morgan fingerprint density at radius 3 is 2.06 bits per heavy atom. The van der Waals surface area contributed by atoms with Gasteiger partial charge in [0, 0.05) is 16.8 Å². The van der Waals surface area contributed by atoms with Crippen LogP contribution in [-0.4, -0.2) is 24.7 Å². The van der Waals surface area contributed by atoms with E-state index in [1.54, 1.807) is 0 Å². The lowest BCUT2D eigenvalue weighted by molar-refractivity contribution is 0.0978. The molecular weight excluding hydrogens is 271 g/mol. The Morgan fingerprint density at radius 1 is 1.25 bits per heavy atom. The molecular formula is C10H10Cl2O3S. The molecule has 0 aliphatic rings. The SMILES string of the molecule is C[C@@](Cl)(C(=O)c1ccc(Cl)cc1)S(C)(=O)=O. The fraction of sp³-hybridized carbons (Fsp3) is 0.300. The Hall–Kier alpha value is -0.580. The summed E-state index contributed by atoms with van der Waals surface area (Å²) in [6.07, 6.45) is 0.924. The maximum atomic E-state index is 11.9. The van der Waals surface area contributed by atoms with E-state index >= 15 is 0 Å². The molecule has 0 bridgehead atoms. The van der Waals surface area contributed by atoms with Crippen LogP contribution in [0.4, 0.5) is 0 Å². The van der Waals surface area contributed by atoms with Gasteiger partial charge in [-0.3, -0.25) is 4.79 Å². The minimum absolute atomic E-state index is 0.215. The van der Waals surface area contributed by atoms with Crippen LogP contribution in [0, 0.1) is 0 Å². The summed E-state index contributed by atoms with van der Waals surface area (Å²) in [5.74, 6) is -0.659. The second-order valence-electron chi connectivity index (χ2n) is 3.52. The first kappa shape index (κ1) is 13.5. The molecule has 0 fully saturated rings. The molecule has 16 heavy (non-hydrogen) atoms. The number of carbonyl (C=O) groups is 1. The largest absolute Gasteiger partial charge is 0.291 e. The quantitative estimate of drug-likeness (QED) is 0.632. The molecule has 0 spiro atoms. The molecule has 88 valence electrons. The zero-order valence-corrected chi connectivity index (χ0v) is 11.0. The van der Waals surface area contributed by atoms with Crippen molar-refractivity contribution < 1.29 is 13.2 Å². The van der Waals surface area contributed by atoms with Gasteiger partial charge in [-0.1, -0.05) is 23.2 Å². The molecule has 0 radical (unpaired) electrons. The van der Waals surface area contributed by atoms with Crippen molar-refractivity contribution in [1.82, 2.24) is 0 Å². The zero-order chi connectivity index (χ0) is 12.6. The highest BCUT2D eigenvalue weighted by atomic mass is 35.5. The maximum Gasteiger partial charge on any atom is 0.204 e. The summed E-state index contributed by atoms with van der Waals surface area (Å²) >= 11 is 11.4. The minimum atomic E-state index is -3.68. The van der Waals surface area contributed by atoms with E-state index in [9.17, 15) is 13.2 Å². The fourth-order valence-corrected chi connectivity index (χ4v) is 1.72. The number of carbonyl (C=O) groups excluding carboxylic acids is 1. The predicted octanol–water partition coefficient (Wildman–Crippen LogP) is 2.52. The van der Waals surface area contributed by atoms with E-state index in [1.165, 1.54) is 31.2 Å². The molecule has 0 aromatic heterocycles. The standard InChI is InChI=1S/C10H10Cl2O3S/c1-10(12,16(2,14)15)9(13)7-3-5-8(11)6-4-7/h3-6H,1-2H3/t10-/m0/s1. The average Bonchev–Trinajstić information content (AvgIpc) is 2.16. The lowest BCUT2D eigenvalue weighted by atomic mass is 10.1. The smallest absolute Gasteiger partial charge is 0.204 e. The van der Waals surface area contributed by atoms with Gasteiger partial charge in [0.1, 0.15) is 0 Å². The highest BCUT2D eigenvalue weighted by Gasteiger charge is 2.41. The molecule has 0 saturated heterocycles. The first-order valence-electron chi connectivity index (χ1n) is 4.35. The van der Waals surface area contributed by atoms with Gasteiger partial charge in [0.25, 0.3) is 0 Å². The van der Waals surface area contributed by atoms with Gasteiger partial charge in [0.2, 0.25) is 4.21 Å². The van der Waals surface area contributed by atoms with Gasteiger partial charge < -0.3 is 0 Å². The van der Waals surface area contributed by atoms with Gasteiger partial charge in [-0.2, -0.15) is 0 Å². The van der Waals surface area contributed by atoms with E-state index in [2.05, 4.69) is 0 Å². The van der Waals surface area contributed by atoms with E-state index < -0.39 is 19.8 Å². The van der Waals surface area contributed by atoms with E-state index in [0.717, 1.165) is 6.26 Å². The molecule has 0 amide bonds. The van der Waals surface area contributed by atoms with Crippen molar-refractivity contribution in [3.63, 3.8) is 0 Å². The van der Waals surface area contributed by atoms with Crippen LogP contribution < -0.4 is 0 Å². The Morgan fingerprint density at radius 2 is 1.69 bits per heavy atom. The van der Waals surface area contributed by atoms with Crippen LogP contribution in [0.15, 0.2) is 24.3 Å². The summed E-state index contributed by atoms with van der Waals surface area (Å²) < 4.78 is 20.8. The second kappa shape index (κ2) is 4.35. The van der Waals surface area contributed by atoms with Crippen molar-refractivity contribution in [2.75, 3.05) is 6.26 Å². The van der Waals surface area contributed by atoms with Gasteiger partial charge in [0.05, 0.1) is 0 Å². The van der Waals surface area contributed by atoms with E-state index in [4.69, 9.17) is 23.2 Å². The van der Waals surface area contributed by atoms with Crippen LogP contribution >= 0.6 is 23.2 Å². The topological polar surface area (TPSA) is 51.2 Å². The summed E-state index contributed by atoms with van der Waals surface area (Å²) in [6, 6.07) is 5.89. The summed E-state index contributed by atoms with van der Waals surface area (Å²) in [7, 11) is -3.68. The summed E-state index contributed by atoms with van der Waals surface area (Å²) in [5, 5.41) is 0.465. The Bertz CT molecular complexity index is 503.